The van der Waals surface area contributed by atoms with Crippen LogP contribution in [0, 0.1) is 38.5 Å². The molecule has 1 heteroatoms. The highest BCUT2D eigenvalue weighted by atomic mass is 15.1. The molecule has 168 valence electrons. The van der Waals surface area contributed by atoms with E-state index in [1.807, 2.05) is 6.20 Å². The van der Waals surface area contributed by atoms with Crippen molar-refractivity contribution in [3.05, 3.63) is 53.9 Å². The van der Waals surface area contributed by atoms with Crippen LogP contribution in [0.1, 0.15) is 101 Å². The first-order valence-electron chi connectivity index (χ1n) is 12.6. The normalized spacial score (nSPS) is 19.6. The van der Waals surface area contributed by atoms with Crippen molar-refractivity contribution in [2.45, 2.75) is 105 Å². The van der Waals surface area contributed by atoms with Gasteiger partial charge < -0.3 is 4.90 Å². The monoisotopic (exact) mass is 409 g/mol. The molecular weight excluding hydrogens is 362 g/mol. The van der Waals surface area contributed by atoms with E-state index in [4.69, 9.17) is 0 Å². The molecule has 0 saturated heterocycles. The number of benzene rings is 1. The minimum atomic E-state index is 0.580. The van der Waals surface area contributed by atoms with E-state index in [9.17, 15) is 0 Å². The third-order valence-corrected chi connectivity index (χ3v) is 7.36. The molecule has 0 aliphatic heterocycles. The summed E-state index contributed by atoms with van der Waals surface area (Å²) in [5.74, 6) is 2.18. The largest absolute Gasteiger partial charge is 0.324 e. The molecule has 0 amide bonds. The van der Waals surface area contributed by atoms with Crippen LogP contribution in [0.5, 0.6) is 0 Å². The first-order chi connectivity index (χ1) is 14.4. The maximum atomic E-state index is 4.09. The average molecular weight is 410 g/mol. The summed E-state index contributed by atoms with van der Waals surface area (Å²) in [6.45, 7) is 15.6. The molecule has 1 aromatic rings. The number of allylic oxidation sites excluding steroid dienone is 1. The molecule has 1 aliphatic carbocycles. The second-order valence-electron chi connectivity index (χ2n) is 9.92. The van der Waals surface area contributed by atoms with E-state index < -0.39 is 0 Å². The van der Waals surface area contributed by atoms with Gasteiger partial charge >= 0.3 is 0 Å². The number of rotatable bonds is 6. The molecule has 1 aliphatic rings. The van der Waals surface area contributed by atoms with Gasteiger partial charge in [0.05, 0.1) is 5.69 Å². The minimum Gasteiger partial charge on any atom is -0.324 e. The number of hydrogen-bond acceptors (Lipinski definition) is 1. The van der Waals surface area contributed by atoms with Crippen LogP contribution in [0.4, 0.5) is 5.69 Å². The Labute approximate surface area is 187 Å². The van der Waals surface area contributed by atoms with E-state index in [1.54, 1.807) is 0 Å². The van der Waals surface area contributed by atoms with Crippen molar-refractivity contribution < 1.29 is 0 Å². The van der Waals surface area contributed by atoms with Crippen molar-refractivity contribution in [2.24, 2.45) is 17.8 Å². The zero-order valence-corrected chi connectivity index (χ0v) is 20.6. The van der Waals surface area contributed by atoms with Crippen LogP contribution in [0.2, 0.25) is 0 Å². The highest BCUT2D eigenvalue weighted by Crippen LogP contribution is 2.33. The fraction of sp³-hybridized carbons (Fsp3) is 0.655. The van der Waals surface area contributed by atoms with Crippen LogP contribution in [0.25, 0.3) is 0 Å². The van der Waals surface area contributed by atoms with Gasteiger partial charge in [0, 0.05) is 12.4 Å². The highest BCUT2D eigenvalue weighted by Gasteiger charge is 2.21. The maximum absolute atomic E-state index is 4.09. The topological polar surface area (TPSA) is 3.24 Å². The van der Waals surface area contributed by atoms with E-state index in [2.05, 4.69) is 70.5 Å². The summed E-state index contributed by atoms with van der Waals surface area (Å²) in [5, 5.41) is 0. The summed E-state index contributed by atoms with van der Waals surface area (Å²) >= 11 is 0. The predicted molar refractivity (Wildman–Crippen MR) is 135 cm³/mol. The van der Waals surface area contributed by atoms with Crippen LogP contribution in [0.3, 0.4) is 0 Å². The van der Waals surface area contributed by atoms with Crippen molar-refractivity contribution in [1.29, 1.82) is 0 Å². The van der Waals surface area contributed by atoms with Gasteiger partial charge in [0.25, 0.3) is 0 Å². The Morgan fingerprint density at radius 3 is 1.77 bits per heavy atom. The number of aryl methyl sites for hydroxylation is 3. The summed E-state index contributed by atoms with van der Waals surface area (Å²) in [5.41, 5.74) is 5.23. The Bertz CT molecular complexity index is 636. The zero-order chi connectivity index (χ0) is 21.9. The summed E-state index contributed by atoms with van der Waals surface area (Å²) < 4.78 is 0. The number of nitrogens with zero attached hydrogens (tertiary/aromatic N) is 1. The lowest BCUT2D eigenvalue weighted by molar-refractivity contribution is 0.250. The standard InChI is InChI=1S/C29H47N/c1-7-30(29-25(4)21-23(2)22-26(29)5)20-19-24(3)27(6)28-17-15-13-11-9-8-10-12-14-16-18-28/h7,19-22,24,27-28H,1,8-18H2,2-6H3/b20-19-. The third-order valence-electron chi connectivity index (χ3n) is 7.36. The lowest BCUT2D eigenvalue weighted by atomic mass is 9.78. The molecule has 30 heavy (non-hydrogen) atoms. The van der Waals surface area contributed by atoms with Gasteiger partial charge in [-0.25, -0.2) is 0 Å². The predicted octanol–water partition coefficient (Wildman–Crippen LogP) is 9.27. The van der Waals surface area contributed by atoms with Crippen LogP contribution in [-0.4, -0.2) is 0 Å². The summed E-state index contributed by atoms with van der Waals surface area (Å²) in [7, 11) is 0. The van der Waals surface area contributed by atoms with Gasteiger partial charge in [-0.3, -0.25) is 0 Å². The third kappa shape index (κ3) is 7.64. The van der Waals surface area contributed by atoms with Crippen molar-refractivity contribution in [3.8, 4) is 0 Å². The van der Waals surface area contributed by atoms with Crippen molar-refractivity contribution >= 4 is 5.69 Å². The molecule has 1 fully saturated rings. The molecule has 0 spiro atoms. The van der Waals surface area contributed by atoms with E-state index >= 15 is 0 Å². The van der Waals surface area contributed by atoms with Gasteiger partial charge in [-0.1, -0.05) is 115 Å². The van der Waals surface area contributed by atoms with E-state index in [1.165, 1.54) is 93.0 Å². The van der Waals surface area contributed by atoms with Gasteiger partial charge in [0.2, 0.25) is 0 Å². The van der Waals surface area contributed by atoms with E-state index in [0.29, 0.717) is 5.92 Å². The molecule has 1 nitrogen and oxygen atoms in total. The second-order valence-corrected chi connectivity index (χ2v) is 9.92. The SMILES string of the molecule is C=CN(/C=C\C(C)C(C)C1CCCCCCCCCCC1)c1c(C)cc(C)cc1C. The summed E-state index contributed by atoms with van der Waals surface area (Å²) in [6.07, 6.45) is 22.4. The van der Waals surface area contributed by atoms with Crippen LogP contribution in [0.15, 0.2) is 37.2 Å². The molecule has 0 heterocycles. The van der Waals surface area contributed by atoms with E-state index in [-0.39, 0.29) is 0 Å². The quantitative estimate of drug-likeness (QED) is 0.452. The van der Waals surface area contributed by atoms with Crippen LogP contribution in [-0.2, 0) is 0 Å². The number of hydrogen-bond donors (Lipinski definition) is 0. The van der Waals surface area contributed by atoms with Crippen molar-refractivity contribution in [3.63, 3.8) is 0 Å². The first-order valence-corrected chi connectivity index (χ1v) is 12.6. The lowest BCUT2D eigenvalue weighted by Crippen LogP contribution is -2.19. The molecule has 0 N–H and O–H groups in total. The van der Waals surface area contributed by atoms with Crippen LogP contribution >= 0.6 is 0 Å². The Morgan fingerprint density at radius 2 is 1.30 bits per heavy atom. The second kappa shape index (κ2) is 13.0. The minimum absolute atomic E-state index is 0.580. The Morgan fingerprint density at radius 1 is 0.833 bits per heavy atom. The summed E-state index contributed by atoms with van der Waals surface area (Å²) in [4.78, 5) is 2.22. The van der Waals surface area contributed by atoms with Crippen LogP contribution < -0.4 is 4.90 Å². The van der Waals surface area contributed by atoms with Gasteiger partial charge in [-0.15, -0.1) is 0 Å². The van der Waals surface area contributed by atoms with Crippen molar-refractivity contribution in [1.82, 2.24) is 0 Å². The molecular formula is C29H47N. The molecule has 0 bridgehead atoms. The fourth-order valence-corrected chi connectivity index (χ4v) is 5.36. The number of anilines is 1. The molecule has 2 unspecified atom stereocenters. The molecule has 2 atom stereocenters. The smallest absolute Gasteiger partial charge is 0.0507 e. The lowest BCUT2D eigenvalue weighted by Gasteiger charge is -2.29. The zero-order valence-electron chi connectivity index (χ0n) is 20.6. The van der Waals surface area contributed by atoms with Gasteiger partial charge in [0.1, 0.15) is 0 Å². The molecule has 0 aromatic heterocycles. The fourth-order valence-electron chi connectivity index (χ4n) is 5.36. The Balaban J connectivity index is 2.04. The molecule has 2 rings (SSSR count). The molecule has 1 saturated carbocycles. The summed E-state index contributed by atoms with van der Waals surface area (Å²) in [6, 6.07) is 4.53. The molecule has 1 aromatic carbocycles. The Hall–Kier alpha value is -1.50. The highest BCUT2D eigenvalue weighted by molar-refractivity contribution is 5.63. The Kier molecular flexibility index (Phi) is 10.8. The van der Waals surface area contributed by atoms with Gasteiger partial charge in [-0.05, 0) is 49.7 Å². The van der Waals surface area contributed by atoms with Gasteiger partial charge in [0.15, 0.2) is 0 Å². The van der Waals surface area contributed by atoms with Crippen molar-refractivity contribution in [2.75, 3.05) is 4.90 Å². The molecule has 0 radical (unpaired) electrons. The first kappa shape index (κ1) is 24.8. The average Bonchev–Trinajstić information content (AvgIpc) is 2.69. The van der Waals surface area contributed by atoms with E-state index in [0.717, 1.165) is 11.8 Å². The van der Waals surface area contributed by atoms with Gasteiger partial charge in [-0.2, -0.15) is 0 Å². The maximum Gasteiger partial charge on any atom is 0.0507 e.